The van der Waals surface area contributed by atoms with Crippen molar-refractivity contribution in [3.05, 3.63) is 51.5 Å². The number of benzene rings is 2. The van der Waals surface area contributed by atoms with Crippen molar-refractivity contribution in [2.24, 2.45) is 0 Å². The van der Waals surface area contributed by atoms with Crippen molar-refractivity contribution in [3.63, 3.8) is 0 Å². The van der Waals surface area contributed by atoms with Crippen molar-refractivity contribution in [1.82, 2.24) is 0 Å². The second-order valence-corrected chi connectivity index (χ2v) is 9.76. The van der Waals surface area contributed by atoms with E-state index in [0.717, 1.165) is 6.07 Å². The molecule has 1 N–H and O–H groups in total. The molecule has 1 heterocycles. The molecule has 32 heavy (non-hydrogen) atoms. The van der Waals surface area contributed by atoms with E-state index in [1.54, 1.807) is 11.6 Å². The first-order chi connectivity index (χ1) is 14.5. The van der Waals surface area contributed by atoms with Crippen LogP contribution in [0.5, 0.6) is 0 Å². The lowest BCUT2D eigenvalue weighted by molar-refractivity contribution is -0.143. The monoisotopic (exact) mass is 544 g/mol. The molecule has 174 valence electrons. The minimum absolute atomic E-state index is 0.0457. The van der Waals surface area contributed by atoms with Gasteiger partial charge < -0.3 is 4.90 Å². The number of halogens is 7. The van der Waals surface area contributed by atoms with Gasteiger partial charge >= 0.3 is 12.4 Å². The van der Waals surface area contributed by atoms with Crippen LogP contribution in [-0.2, 0) is 33.6 Å². The highest BCUT2D eigenvalue weighted by Crippen LogP contribution is 2.40. The Morgan fingerprint density at radius 2 is 1.56 bits per heavy atom. The summed E-state index contributed by atoms with van der Waals surface area (Å²) in [6.07, 6.45) is -9.81. The van der Waals surface area contributed by atoms with Crippen LogP contribution in [-0.4, -0.2) is 20.4 Å². The van der Waals surface area contributed by atoms with Gasteiger partial charge in [-0.15, -0.1) is 0 Å². The van der Waals surface area contributed by atoms with Gasteiger partial charge in [-0.05, 0) is 65.2 Å². The number of amides is 1. The standard InChI is InChI=1S/C19H15BrF6N2O3S/c1-9-3-11-4-15(20)17(8-16(11)28(9)10(2)29)32(30,31)27-14-6-12(18(21,22)23)5-13(7-14)19(24,25)26/h4-9,27H,3H2,1-2H3. The molecule has 1 aliphatic rings. The number of nitrogens with zero attached hydrogens (tertiary/aromatic N) is 1. The third kappa shape index (κ3) is 4.72. The van der Waals surface area contributed by atoms with Gasteiger partial charge in [0.2, 0.25) is 5.91 Å². The largest absolute Gasteiger partial charge is 0.416 e. The van der Waals surface area contributed by atoms with Crippen LogP contribution in [0.2, 0.25) is 0 Å². The zero-order chi connectivity index (χ0) is 24.2. The van der Waals surface area contributed by atoms with Crippen LogP contribution in [0.3, 0.4) is 0 Å². The Kier molecular flexibility index (Phi) is 6.05. The van der Waals surface area contributed by atoms with Gasteiger partial charge in [0.25, 0.3) is 10.0 Å². The molecule has 1 aliphatic heterocycles. The molecule has 13 heteroatoms. The molecule has 0 aromatic heterocycles. The van der Waals surface area contributed by atoms with Crippen LogP contribution in [0, 0.1) is 0 Å². The summed E-state index contributed by atoms with van der Waals surface area (Å²) in [5, 5.41) is 0. The third-order valence-corrected chi connectivity index (χ3v) is 7.16. The average molecular weight is 545 g/mol. The van der Waals surface area contributed by atoms with Crippen molar-refractivity contribution >= 4 is 43.2 Å². The van der Waals surface area contributed by atoms with E-state index in [1.165, 1.54) is 17.9 Å². The molecule has 0 aliphatic carbocycles. The van der Waals surface area contributed by atoms with Crippen molar-refractivity contribution in [2.75, 3.05) is 9.62 Å². The van der Waals surface area contributed by atoms with Gasteiger partial charge in [0.1, 0.15) is 4.90 Å². The normalized spacial score (nSPS) is 16.8. The van der Waals surface area contributed by atoms with Crippen molar-refractivity contribution in [1.29, 1.82) is 0 Å². The number of carbonyl (C=O) groups is 1. The zero-order valence-electron chi connectivity index (χ0n) is 16.4. The fourth-order valence-corrected chi connectivity index (χ4v) is 5.68. The summed E-state index contributed by atoms with van der Waals surface area (Å²) in [4.78, 5) is 12.9. The first-order valence-corrected chi connectivity index (χ1v) is 11.2. The maximum atomic E-state index is 13.1. The van der Waals surface area contributed by atoms with Gasteiger partial charge in [0.05, 0.1) is 16.8 Å². The molecule has 1 atom stereocenters. The maximum Gasteiger partial charge on any atom is 0.416 e. The number of rotatable bonds is 3. The van der Waals surface area contributed by atoms with Crippen molar-refractivity contribution in [3.8, 4) is 0 Å². The number of fused-ring (bicyclic) bond motifs is 1. The predicted molar refractivity (Wildman–Crippen MR) is 108 cm³/mol. The lowest BCUT2D eigenvalue weighted by Crippen LogP contribution is -2.33. The first-order valence-electron chi connectivity index (χ1n) is 8.95. The Morgan fingerprint density at radius 3 is 2.03 bits per heavy atom. The fourth-order valence-electron chi connectivity index (χ4n) is 3.53. The summed E-state index contributed by atoms with van der Waals surface area (Å²) in [7, 11) is -4.63. The summed E-state index contributed by atoms with van der Waals surface area (Å²) >= 11 is 3.09. The van der Waals surface area contributed by atoms with Crippen LogP contribution in [0.25, 0.3) is 0 Å². The molecule has 5 nitrogen and oxygen atoms in total. The van der Waals surface area contributed by atoms with Crippen LogP contribution >= 0.6 is 15.9 Å². The van der Waals surface area contributed by atoms with Gasteiger partial charge in [-0.25, -0.2) is 8.42 Å². The summed E-state index contributed by atoms with van der Waals surface area (Å²) in [5.74, 6) is -0.345. The van der Waals surface area contributed by atoms with Crippen molar-refractivity contribution in [2.45, 2.75) is 43.6 Å². The molecule has 0 fully saturated rings. The topological polar surface area (TPSA) is 66.5 Å². The van der Waals surface area contributed by atoms with E-state index in [4.69, 9.17) is 0 Å². The van der Waals surface area contributed by atoms with Gasteiger partial charge in [-0.3, -0.25) is 9.52 Å². The zero-order valence-corrected chi connectivity index (χ0v) is 18.8. The van der Waals surface area contributed by atoms with E-state index in [1.807, 2.05) is 0 Å². The fraction of sp³-hybridized carbons (Fsp3) is 0.316. The summed E-state index contributed by atoms with van der Waals surface area (Å²) < 4.78 is 106. The number of hydrogen-bond donors (Lipinski definition) is 1. The molecular formula is C19H15BrF6N2O3S. The first kappa shape index (κ1) is 24.4. The van der Waals surface area contributed by atoms with Crippen LogP contribution < -0.4 is 9.62 Å². The highest BCUT2D eigenvalue weighted by molar-refractivity contribution is 9.10. The van der Waals surface area contributed by atoms with Crippen LogP contribution in [0.15, 0.2) is 39.7 Å². The minimum atomic E-state index is -5.13. The van der Waals surface area contributed by atoms with Crippen LogP contribution in [0.1, 0.15) is 30.5 Å². The number of nitrogens with one attached hydrogen (secondary N) is 1. The number of sulfonamides is 1. The molecule has 0 bridgehead atoms. The smallest absolute Gasteiger partial charge is 0.309 e. The van der Waals surface area contributed by atoms with E-state index in [9.17, 15) is 39.6 Å². The molecule has 0 radical (unpaired) electrons. The van der Waals surface area contributed by atoms with E-state index >= 15 is 0 Å². The molecule has 2 aromatic carbocycles. The number of carbonyl (C=O) groups excluding carboxylic acids is 1. The molecule has 1 unspecified atom stereocenters. The van der Waals surface area contributed by atoms with Crippen molar-refractivity contribution < 1.29 is 39.6 Å². The lowest BCUT2D eigenvalue weighted by atomic mass is 10.1. The SMILES string of the molecule is CC(=O)N1c2cc(S(=O)(=O)Nc3cc(C(F)(F)F)cc(C(F)(F)F)c3)c(Br)cc2CC1C. The van der Waals surface area contributed by atoms with Gasteiger partial charge in [0, 0.05) is 23.1 Å². The molecule has 3 rings (SSSR count). The van der Waals surface area contributed by atoms with Gasteiger partial charge in [-0.2, -0.15) is 26.3 Å². The highest BCUT2D eigenvalue weighted by atomic mass is 79.9. The lowest BCUT2D eigenvalue weighted by Gasteiger charge is -2.21. The molecule has 0 saturated carbocycles. The number of hydrogen-bond acceptors (Lipinski definition) is 3. The third-order valence-electron chi connectivity index (χ3n) is 4.82. The number of anilines is 2. The maximum absolute atomic E-state index is 13.1. The van der Waals surface area contributed by atoms with E-state index in [0.29, 0.717) is 17.7 Å². The van der Waals surface area contributed by atoms with Gasteiger partial charge in [0.15, 0.2) is 0 Å². The van der Waals surface area contributed by atoms with E-state index in [-0.39, 0.29) is 34.6 Å². The number of alkyl halides is 6. The minimum Gasteiger partial charge on any atom is -0.309 e. The molecular weight excluding hydrogens is 530 g/mol. The quantitative estimate of drug-likeness (QED) is 0.512. The Labute approximate surface area is 187 Å². The summed E-state index contributed by atoms with van der Waals surface area (Å²) in [5.41, 5.74) is -3.26. The second-order valence-electron chi connectivity index (χ2n) is 7.25. The van der Waals surface area contributed by atoms with E-state index < -0.39 is 44.1 Å². The molecule has 0 spiro atoms. The van der Waals surface area contributed by atoms with Gasteiger partial charge in [-0.1, -0.05) is 0 Å². The molecule has 2 aromatic rings. The summed E-state index contributed by atoms with van der Waals surface area (Å²) in [6.45, 7) is 3.05. The average Bonchev–Trinajstić information content (AvgIpc) is 2.93. The second kappa shape index (κ2) is 7.94. The molecule has 1 amide bonds. The Hall–Kier alpha value is -2.28. The molecule has 0 saturated heterocycles. The Balaban J connectivity index is 2.09. The summed E-state index contributed by atoms with van der Waals surface area (Å²) in [6, 6.07) is 2.81. The predicted octanol–water partition coefficient (Wildman–Crippen LogP) is 5.59. The highest BCUT2D eigenvalue weighted by Gasteiger charge is 2.38. The van der Waals surface area contributed by atoms with Crippen LogP contribution in [0.4, 0.5) is 37.7 Å². The van der Waals surface area contributed by atoms with E-state index in [2.05, 4.69) is 15.9 Å². The Bertz CT molecular complexity index is 1160. The Morgan fingerprint density at radius 1 is 1.03 bits per heavy atom.